The molecule has 0 aromatic heterocycles. The monoisotopic (exact) mass is 458 g/mol. The standard InChI is InChI=1S/C24H30N2O5S/c1-2-26(16-17-27)15-7-10-19-9-4-6-12-22(19)32(30,31)25-21-14-13-18-8-3-5-11-20(18)23(21)24(28)29/h4,6-7,9-10,12-14,25,27H,2-3,5,8,11,15-17H2,1H3,(H,28,29)/b10-7+. The van der Waals surface area contributed by atoms with Gasteiger partial charge < -0.3 is 10.2 Å². The van der Waals surface area contributed by atoms with E-state index >= 15 is 0 Å². The highest BCUT2D eigenvalue weighted by Crippen LogP contribution is 2.31. The molecule has 7 nitrogen and oxygen atoms in total. The van der Waals surface area contributed by atoms with Gasteiger partial charge in [0.1, 0.15) is 0 Å². The normalized spacial score (nSPS) is 14.0. The molecule has 0 amide bonds. The predicted octanol–water partition coefficient (Wildman–Crippen LogP) is 3.39. The molecule has 0 unspecified atom stereocenters. The van der Waals surface area contributed by atoms with Crippen LogP contribution >= 0.6 is 0 Å². The van der Waals surface area contributed by atoms with Crippen LogP contribution < -0.4 is 4.72 Å². The molecule has 2 aromatic rings. The molecule has 3 rings (SSSR count). The first-order valence-corrected chi connectivity index (χ1v) is 12.3. The third kappa shape index (κ3) is 5.56. The molecule has 0 fully saturated rings. The molecule has 0 saturated heterocycles. The summed E-state index contributed by atoms with van der Waals surface area (Å²) >= 11 is 0. The molecule has 172 valence electrons. The predicted molar refractivity (Wildman–Crippen MR) is 126 cm³/mol. The Morgan fingerprint density at radius 3 is 2.62 bits per heavy atom. The molecule has 2 aromatic carbocycles. The van der Waals surface area contributed by atoms with Crippen molar-refractivity contribution >= 4 is 27.8 Å². The lowest BCUT2D eigenvalue weighted by Crippen LogP contribution is -2.26. The van der Waals surface area contributed by atoms with Crippen LogP contribution in [0.1, 0.15) is 46.8 Å². The number of sulfonamides is 1. The number of fused-ring (bicyclic) bond motifs is 1. The zero-order chi connectivity index (χ0) is 23.1. The molecular formula is C24H30N2O5S. The highest BCUT2D eigenvalue weighted by atomic mass is 32.2. The number of nitrogens with one attached hydrogen (secondary N) is 1. The lowest BCUT2D eigenvalue weighted by molar-refractivity contribution is 0.0696. The summed E-state index contributed by atoms with van der Waals surface area (Å²) < 4.78 is 29.0. The third-order valence-electron chi connectivity index (χ3n) is 5.72. The molecule has 0 aliphatic heterocycles. The number of hydrogen-bond acceptors (Lipinski definition) is 5. The summed E-state index contributed by atoms with van der Waals surface area (Å²) in [6, 6.07) is 9.99. The van der Waals surface area contributed by atoms with Gasteiger partial charge in [-0.2, -0.15) is 0 Å². The Morgan fingerprint density at radius 1 is 1.16 bits per heavy atom. The third-order valence-corrected chi connectivity index (χ3v) is 7.16. The van der Waals surface area contributed by atoms with Crippen molar-refractivity contribution in [1.29, 1.82) is 0 Å². The van der Waals surface area contributed by atoms with Gasteiger partial charge in [-0.1, -0.05) is 43.3 Å². The molecule has 0 spiro atoms. The smallest absolute Gasteiger partial charge is 0.338 e. The van der Waals surface area contributed by atoms with Gasteiger partial charge in [-0.25, -0.2) is 13.2 Å². The van der Waals surface area contributed by atoms with Crippen molar-refractivity contribution < 1.29 is 23.4 Å². The summed E-state index contributed by atoms with van der Waals surface area (Å²) in [5, 5.41) is 18.9. The lowest BCUT2D eigenvalue weighted by atomic mass is 9.87. The van der Waals surface area contributed by atoms with E-state index in [1.54, 1.807) is 30.3 Å². The second-order valence-corrected chi connectivity index (χ2v) is 9.45. The zero-order valence-corrected chi connectivity index (χ0v) is 19.1. The van der Waals surface area contributed by atoms with Crippen LogP contribution in [0.3, 0.4) is 0 Å². The van der Waals surface area contributed by atoms with Gasteiger partial charge in [0.2, 0.25) is 0 Å². The van der Waals surface area contributed by atoms with Gasteiger partial charge in [-0.05, 0) is 61.1 Å². The van der Waals surface area contributed by atoms with E-state index in [0.29, 0.717) is 25.1 Å². The van der Waals surface area contributed by atoms with Crippen molar-refractivity contribution in [2.45, 2.75) is 37.5 Å². The highest BCUT2D eigenvalue weighted by Gasteiger charge is 2.25. The largest absolute Gasteiger partial charge is 0.478 e. The van der Waals surface area contributed by atoms with E-state index in [0.717, 1.165) is 36.9 Å². The van der Waals surface area contributed by atoms with Gasteiger partial charge in [-0.15, -0.1) is 0 Å². The van der Waals surface area contributed by atoms with E-state index in [-0.39, 0.29) is 22.8 Å². The number of nitrogens with zero attached hydrogens (tertiary/aromatic N) is 1. The minimum absolute atomic E-state index is 0.0430. The SMILES string of the molecule is CCN(C/C=C/c1ccccc1S(=O)(=O)Nc1ccc2c(c1C(=O)O)CCCC2)CCO. The van der Waals surface area contributed by atoms with Crippen molar-refractivity contribution in [3.63, 3.8) is 0 Å². The summed E-state index contributed by atoms with van der Waals surface area (Å²) in [6.07, 6.45) is 6.93. The Morgan fingerprint density at radius 2 is 1.91 bits per heavy atom. The number of aromatic carboxylic acids is 1. The molecule has 1 aliphatic carbocycles. The maximum atomic E-state index is 13.2. The van der Waals surface area contributed by atoms with Gasteiger partial charge in [0, 0.05) is 13.1 Å². The van der Waals surface area contributed by atoms with Crippen LogP contribution in [0.5, 0.6) is 0 Å². The molecule has 8 heteroatoms. The number of benzene rings is 2. The second kappa shape index (κ2) is 10.8. The van der Waals surface area contributed by atoms with E-state index < -0.39 is 16.0 Å². The fraction of sp³-hybridized carbons (Fsp3) is 0.375. The van der Waals surface area contributed by atoms with E-state index in [9.17, 15) is 18.3 Å². The van der Waals surface area contributed by atoms with E-state index in [2.05, 4.69) is 4.72 Å². The number of carboxylic acids is 1. The number of hydrogen-bond donors (Lipinski definition) is 3. The van der Waals surface area contributed by atoms with Crippen LogP contribution in [0, 0.1) is 0 Å². The molecule has 32 heavy (non-hydrogen) atoms. The highest BCUT2D eigenvalue weighted by molar-refractivity contribution is 7.92. The molecule has 0 heterocycles. The Kier molecular flexibility index (Phi) is 8.06. The van der Waals surface area contributed by atoms with Gasteiger partial charge in [-0.3, -0.25) is 9.62 Å². The maximum absolute atomic E-state index is 13.2. The summed E-state index contributed by atoms with van der Waals surface area (Å²) in [5.74, 6) is -1.13. The average molecular weight is 459 g/mol. The minimum Gasteiger partial charge on any atom is -0.478 e. The first kappa shape index (κ1) is 24.0. The van der Waals surface area contributed by atoms with E-state index in [4.69, 9.17) is 5.11 Å². The van der Waals surface area contributed by atoms with Crippen molar-refractivity contribution in [1.82, 2.24) is 4.90 Å². The Hall–Kier alpha value is -2.68. The molecule has 0 radical (unpaired) electrons. The Balaban J connectivity index is 1.91. The maximum Gasteiger partial charge on any atom is 0.338 e. The topological polar surface area (TPSA) is 107 Å². The molecule has 0 bridgehead atoms. The van der Waals surface area contributed by atoms with Gasteiger partial charge in [0.25, 0.3) is 10.0 Å². The van der Waals surface area contributed by atoms with Crippen LogP contribution in [0.15, 0.2) is 47.4 Å². The summed E-state index contributed by atoms with van der Waals surface area (Å²) in [5.41, 5.74) is 2.34. The number of rotatable bonds is 10. The Labute approximate surface area is 189 Å². The van der Waals surface area contributed by atoms with Crippen LogP contribution in [0.4, 0.5) is 5.69 Å². The van der Waals surface area contributed by atoms with Crippen LogP contribution in [0.25, 0.3) is 6.08 Å². The number of anilines is 1. The summed E-state index contributed by atoms with van der Waals surface area (Å²) in [6.45, 7) is 3.93. The minimum atomic E-state index is -4.01. The molecule has 0 saturated carbocycles. The quantitative estimate of drug-likeness (QED) is 0.504. The van der Waals surface area contributed by atoms with Crippen LogP contribution in [-0.2, 0) is 22.9 Å². The van der Waals surface area contributed by atoms with Crippen LogP contribution in [0.2, 0.25) is 0 Å². The van der Waals surface area contributed by atoms with Crippen molar-refractivity contribution in [2.24, 2.45) is 0 Å². The number of likely N-dealkylation sites (N-methyl/N-ethyl adjacent to an activating group) is 1. The number of carboxylic acid groups (broad SMARTS) is 1. The molecular weight excluding hydrogens is 428 g/mol. The fourth-order valence-corrected chi connectivity index (χ4v) is 5.34. The van der Waals surface area contributed by atoms with Gasteiger partial charge in [0.05, 0.1) is 22.8 Å². The summed E-state index contributed by atoms with van der Waals surface area (Å²) in [7, 11) is -4.01. The molecule has 3 N–H and O–H groups in total. The van der Waals surface area contributed by atoms with Gasteiger partial charge in [0.15, 0.2) is 0 Å². The molecule has 0 atom stereocenters. The lowest BCUT2D eigenvalue weighted by Gasteiger charge is -2.21. The summed E-state index contributed by atoms with van der Waals surface area (Å²) in [4.78, 5) is 14.1. The first-order chi connectivity index (χ1) is 15.4. The second-order valence-electron chi connectivity index (χ2n) is 7.80. The Bertz CT molecular complexity index is 1100. The van der Waals surface area contributed by atoms with Crippen LogP contribution in [-0.4, -0.2) is 55.7 Å². The van der Waals surface area contributed by atoms with Crippen molar-refractivity contribution in [3.8, 4) is 0 Å². The molecule has 1 aliphatic rings. The first-order valence-electron chi connectivity index (χ1n) is 10.9. The number of carbonyl (C=O) groups is 1. The number of aliphatic hydroxyl groups excluding tert-OH is 1. The van der Waals surface area contributed by atoms with Crippen molar-refractivity contribution in [2.75, 3.05) is 31.0 Å². The number of aliphatic hydroxyl groups is 1. The van der Waals surface area contributed by atoms with E-state index in [1.165, 1.54) is 6.07 Å². The fourth-order valence-electron chi connectivity index (χ4n) is 4.07. The number of aryl methyl sites for hydroxylation is 1. The van der Waals surface area contributed by atoms with Gasteiger partial charge >= 0.3 is 5.97 Å². The average Bonchev–Trinajstić information content (AvgIpc) is 2.78. The van der Waals surface area contributed by atoms with E-state index in [1.807, 2.05) is 24.0 Å². The zero-order valence-electron chi connectivity index (χ0n) is 18.3. The van der Waals surface area contributed by atoms with Crippen molar-refractivity contribution in [3.05, 3.63) is 64.7 Å².